The van der Waals surface area contributed by atoms with Gasteiger partial charge in [0.1, 0.15) is 22.3 Å². The average Bonchev–Trinajstić information content (AvgIpc) is 2.82. The molecule has 1 aromatic carbocycles. The molecular weight excluding hydrogens is 304 g/mol. The summed E-state index contributed by atoms with van der Waals surface area (Å²) in [6, 6.07) is 5.39. The number of aromatic nitrogens is 2. The largest absolute Gasteiger partial charge is 0.496 e. The molecule has 2 rings (SSSR count). The Morgan fingerprint density at radius 3 is 2.14 bits per heavy atom. The molecule has 22 heavy (non-hydrogen) atoms. The summed E-state index contributed by atoms with van der Waals surface area (Å²) in [5.74, 6) is 1.13. The van der Waals surface area contributed by atoms with Crippen LogP contribution in [0.15, 0.2) is 18.2 Å². The first-order valence-electron chi connectivity index (χ1n) is 6.80. The first kappa shape index (κ1) is 16.4. The Morgan fingerprint density at radius 1 is 1.18 bits per heavy atom. The van der Waals surface area contributed by atoms with Gasteiger partial charge in [0.05, 0.1) is 30.9 Å². The maximum absolute atomic E-state index is 11.5. The number of ether oxygens (including phenoxy) is 2. The van der Waals surface area contributed by atoms with Crippen molar-refractivity contribution in [1.29, 1.82) is 0 Å². The van der Waals surface area contributed by atoms with Gasteiger partial charge in [-0.15, -0.1) is 0 Å². The monoisotopic (exact) mass is 322 g/mol. The van der Waals surface area contributed by atoms with E-state index < -0.39 is 0 Å². The Kier molecular flexibility index (Phi) is 4.47. The van der Waals surface area contributed by atoms with Crippen molar-refractivity contribution in [3.8, 4) is 22.8 Å². The second-order valence-electron chi connectivity index (χ2n) is 5.79. The quantitative estimate of drug-likeness (QED) is 0.804. The lowest BCUT2D eigenvalue weighted by atomic mass is 10.1. The summed E-state index contributed by atoms with van der Waals surface area (Å²) in [7, 11) is 3.11. The van der Waals surface area contributed by atoms with E-state index in [9.17, 15) is 4.79 Å². The second kappa shape index (κ2) is 6.01. The lowest BCUT2D eigenvalue weighted by molar-refractivity contribution is 0.112. The Morgan fingerprint density at radius 2 is 1.73 bits per heavy atom. The van der Waals surface area contributed by atoms with Crippen LogP contribution in [0.1, 0.15) is 31.1 Å². The Bertz CT molecular complexity index is 680. The molecule has 5 nitrogen and oxygen atoms in total. The fraction of sp³-hybridized carbons (Fsp3) is 0.375. The number of carbonyl (C=O) groups excluding carboxylic acids is 1. The van der Waals surface area contributed by atoms with E-state index in [1.54, 1.807) is 31.0 Å². The lowest BCUT2D eigenvalue weighted by Gasteiger charge is -2.20. The van der Waals surface area contributed by atoms with Crippen molar-refractivity contribution in [1.82, 2.24) is 9.78 Å². The molecule has 0 N–H and O–H groups in total. The van der Waals surface area contributed by atoms with E-state index in [1.807, 2.05) is 26.8 Å². The minimum Gasteiger partial charge on any atom is -0.496 e. The Balaban J connectivity index is 2.81. The van der Waals surface area contributed by atoms with Crippen LogP contribution < -0.4 is 9.47 Å². The standard InChI is InChI=1S/C16H19ClN2O3/c1-16(2,3)19-15(17)10(9-20)14(18-19)13-11(21-4)7-6-8-12(13)22-5/h6-9H,1-5H3. The number of hydrogen-bond acceptors (Lipinski definition) is 4. The summed E-state index contributed by atoms with van der Waals surface area (Å²) < 4.78 is 12.4. The zero-order chi connectivity index (χ0) is 16.5. The molecule has 2 aromatic rings. The summed E-state index contributed by atoms with van der Waals surface area (Å²) in [6.45, 7) is 5.89. The van der Waals surface area contributed by atoms with Crippen molar-refractivity contribution in [2.75, 3.05) is 14.2 Å². The highest BCUT2D eigenvalue weighted by atomic mass is 35.5. The average molecular weight is 323 g/mol. The SMILES string of the molecule is COc1cccc(OC)c1-c1nn(C(C)(C)C)c(Cl)c1C=O. The zero-order valence-electron chi connectivity index (χ0n) is 13.3. The van der Waals surface area contributed by atoms with Crippen LogP contribution in [0.4, 0.5) is 0 Å². The van der Waals surface area contributed by atoms with E-state index in [0.717, 1.165) is 0 Å². The Labute approximate surface area is 134 Å². The van der Waals surface area contributed by atoms with Crippen LogP contribution >= 0.6 is 11.6 Å². The second-order valence-corrected chi connectivity index (χ2v) is 6.15. The number of halogens is 1. The molecule has 0 radical (unpaired) electrons. The van der Waals surface area contributed by atoms with Crippen molar-refractivity contribution in [3.63, 3.8) is 0 Å². The fourth-order valence-corrected chi connectivity index (χ4v) is 2.65. The van der Waals surface area contributed by atoms with Gasteiger partial charge >= 0.3 is 0 Å². The first-order valence-corrected chi connectivity index (χ1v) is 7.18. The highest BCUT2D eigenvalue weighted by Crippen LogP contribution is 2.41. The number of hydrogen-bond donors (Lipinski definition) is 0. The molecule has 1 aromatic heterocycles. The predicted molar refractivity (Wildman–Crippen MR) is 86.2 cm³/mol. The third kappa shape index (κ3) is 2.68. The smallest absolute Gasteiger partial charge is 0.155 e. The van der Waals surface area contributed by atoms with Crippen LogP contribution in [0.2, 0.25) is 5.15 Å². The molecule has 0 unspecified atom stereocenters. The summed E-state index contributed by atoms with van der Waals surface area (Å²) >= 11 is 6.34. The minimum absolute atomic E-state index is 0.297. The summed E-state index contributed by atoms with van der Waals surface area (Å²) in [5, 5.41) is 4.83. The molecule has 0 aliphatic carbocycles. The molecule has 0 aliphatic heterocycles. The molecule has 0 saturated carbocycles. The lowest BCUT2D eigenvalue weighted by Crippen LogP contribution is -2.23. The van der Waals surface area contributed by atoms with Gasteiger partial charge in [0.15, 0.2) is 6.29 Å². The topological polar surface area (TPSA) is 53.4 Å². The number of nitrogens with zero attached hydrogens (tertiary/aromatic N) is 2. The fourth-order valence-electron chi connectivity index (χ4n) is 2.23. The van der Waals surface area contributed by atoms with Gasteiger partial charge in [-0.05, 0) is 32.9 Å². The van der Waals surface area contributed by atoms with E-state index in [2.05, 4.69) is 5.10 Å². The number of benzene rings is 1. The molecular formula is C16H19ClN2O3. The van der Waals surface area contributed by atoms with Crippen molar-refractivity contribution < 1.29 is 14.3 Å². The molecule has 0 bridgehead atoms. The molecule has 1 heterocycles. The highest BCUT2D eigenvalue weighted by molar-refractivity contribution is 6.32. The van der Waals surface area contributed by atoms with Gasteiger partial charge in [0.25, 0.3) is 0 Å². The summed E-state index contributed by atoms with van der Waals surface area (Å²) in [5.41, 5.74) is 1.02. The van der Waals surface area contributed by atoms with Crippen molar-refractivity contribution in [2.24, 2.45) is 0 Å². The van der Waals surface area contributed by atoms with Crippen molar-refractivity contribution in [3.05, 3.63) is 28.9 Å². The van der Waals surface area contributed by atoms with Crippen LogP contribution in [0.5, 0.6) is 11.5 Å². The number of carbonyl (C=O) groups is 1. The van der Waals surface area contributed by atoms with Gasteiger partial charge in [-0.1, -0.05) is 17.7 Å². The molecule has 0 spiro atoms. The van der Waals surface area contributed by atoms with Gasteiger partial charge in [0.2, 0.25) is 0 Å². The predicted octanol–water partition coefficient (Wildman–Crippen LogP) is 3.79. The first-order chi connectivity index (χ1) is 10.3. The van der Waals surface area contributed by atoms with E-state index >= 15 is 0 Å². The Hall–Kier alpha value is -2.01. The molecule has 0 amide bonds. The van der Waals surface area contributed by atoms with Gasteiger partial charge in [-0.3, -0.25) is 4.79 Å². The van der Waals surface area contributed by atoms with E-state index in [4.69, 9.17) is 21.1 Å². The van der Waals surface area contributed by atoms with Crippen LogP contribution in [0, 0.1) is 0 Å². The molecule has 0 saturated heterocycles. The van der Waals surface area contributed by atoms with Crippen molar-refractivity contribution >= 4 is 17.9 Å². The molecule has 6 heteroatoms. The van der Waals surface area contributed by atoms with E-state index in [0.29, 0.717) is 39.8 Å². The van der Waals surface area contributed by atoms with Gasteiger partial charge in [-0.2, -0.15) is 5.10 Å². The zero-order valence-corrected chi connectivity index (χ0v) is 14.1. The third-order valence-electron chi connectivity index (χ3n) is 3.28. The van der Waals surface area contributed by atoms with Crippen LogP contribution in [-0.4, -0.2) is 30.3 Å². The third-order valence-corrected chi connectivity index (χ3v) is 3.64. The number of aldehydes is 1. The molecule has 0 fully saturated rings. The maximum atomic E-state index is 11.5. The van der Waals surface area contributed by atoms with E-state index in [1.165, 1.54) is 0 Å². The van der Waals surface area contributed by atoms with E-state index in [-0.39, 0.29) is 5.54 Å². The molecule has 0 aliphatic rings. The summed E-state index contributed by atoms with van der Waals surface area (Å²) in [6.07, 6.45) is 0.707. The van der Waals surface area contributed by atoms with Crippen LogP contribution in [-0.2, 0) is 5.54 Å². The minimum atomic E-state index is -0.359. The summed E-state index contributed by atoms with van der Waals surface area (Å²) in [4.78, 5) is 11.5. The van der Waals surface area contributed by atoms with Crippen molar-refractivity contribution in [2.45, 2.75) is 26.3 Å². The maximum Gasteiger partial charge on any atom is 0.155 e. The normalized spacial score (nSPS) is 11.4. The number of methoxy groups -OCH3 is 2. The molecule has 118 valence electrons. The molecule has 0 atom stereocenters. The van der Waals surface area contributed by atoms with Gasteiger partial charge in [-0.25, -0.2) is 4.68 Å². The van der Waals surface area contributed by atoms with Crippen LogP contribution in [0.3, 0.4) is 0 Å². The highest BCUT2D eigenvalue weighted by Gasteiger charge is 2.27. The number of rotatable bonds is 4. The van der Waals surface area contributed by atoms with Gasteiger partial charge < -0.3 is 9.47 Å². The van der Waals surface area contributed by atoms with Crippen LogP contribution in [0.25, 0.3) is 11.3 Å². The van der Waals surface area contributed by atoms with Gasteiger partial charge in [0, 0.05) is 0 Å².